The van der Waals surface area contributed by atoms with Gasteiger partial charge < -0.3 is 10.4 Å². The summed E-state index contributed by atoms with van der Waals surface area (Å²) in [4.78, 5) is 42.6. The Morgan fingerprint density at radius 2 is 1.61 bits per heavy atom. The topological polar surface area (TPSA) is 98.7 Å². The van der Waals surface area contributed by atoms with Gasteiger partial charge in [0.15, 0.2) is 0 Å². The number of nitrogens with zero attached hydrogens (tertiary/aromatic N) is 1. The number of rotatable bonds is 4. The molecule has 36 heavy (non-hydrogen) atoms. The molecule has 7 nitrogen and oxygen atoms in total. The van der Waals surface area contributed by atoms with Gasteiger partial charge in [-0.2, -0.15) is 0 Å². The molecule has 6 rings (SSSR count). The van der Waals surface area contributed by atoms with Gasteiger partial charge in [0.2, 0.25) is 17.7 Å². The fourth-order valence-electron chi connectivity index (χ4n) is 5.87. The molecule has 3 aliphatic heterocycles. The van der Waals surface area contributed by atoms with E-state index in [-0.39, 0.29) is 18.2 Å². The molecule has 3 aliphatic rings. The third-order valence-electron chi connectivity index (χ3n) is 7.47. The number of carbonyl (C=O) groups excluding carboxylic acids is 3. The predicted octanol–water partition coefficient (Wildman–Crippen LogP) is 3.86. The van der Waals surface area contributed by atoms with E-state index in [9.17, 15) is 19.5 Å². The summed E-state index contributed by atoms with van der Waals surface area (Å²) in [6.07, 6.45) is 0.380. The van der Waals surface area contributed by atoms with Crippen molar-refractivity contribution >= 4 is 46.6 Å². The van der Waals surface area contributed by atoms with Crippen molar-refractivity contribution in [2.75, 3.05) is 5.32 Å². The first kappa shape index (κ1) is 23.0. The molecule has 182 valence electrons. The maximum Gasteiger partial charge on any atom is 0.250 e. The summed E-state index contributed by atoms with van der Waals surface area (Å²) in [6.45, 7) is 0.0242. The summed E-state index contributed by atoms with van der Waals surface area (Å²) in [5.41, 5.74) is 1.08. The number of hydrogen-bond donors (Lipinski definition) is 3. The largest absolute Gasteiger partial charge is 0.508 e. The van der Waals surface area contributed by atoms with Crippen molar-refractivity contribution in [2.24, 2.45) is 11.8 Å². The Bertz CT molecular complexity index is 1430. The van der Waals surface area contributed by atoms with Crippen LogP contribution in [0, 0.1) is 11.8 Å². The van der Waals surface area contributed by atoms with Gasteiger partial charge in [-0.15, -0.1) is 0 Å². The molecule has 2 saturated heterocycles. The van der Waals surface area contributed by atoms with Gasteiger partial charge in [0.25, 0.3) is 0 Å². The zero-order valence-electron chi connectivity index (χ0n) is 18.9. The smallest absolute Gasteiger partial charge is 0.250 e. The van der Waals surface area contributed by atoms with Crippen molar-refractivity contribution in [1.82, 2.24) is 10.2 Å². The summed E-state index contributed by atoms with van der Waals surface area (Å²) in [5, 5.41) is 16.7. The lowest BCUT2D eigenvalue weighted by Crippen LogP contribution is -2.53. The fraction of sp³-hybridized carbons (Fsp3) is 0.222. The van der Waals surface area contributed by atoms with Gasteiger partial charge in [0.05, 0.1) is 29.1 Å². The molecule has 3 aromatic carbocycles. The SMILES string of the molecule is O=C1C2C(Cc3ccc(O)cc3)NC3(C(=O)Nc4c(Cl)cccc43)C2C(=O)N1Cc1ccccc1Cl. The Morgan fingerprint density at radius 3 is 2.36 bits per heavy atom. The summed E-state index contributed by atoms with van der Waals surface area (Å²) in [5.74, 6) is -2.77. The minimum absolute atomic E-state index is 0.0242. The highest BCUT2D eigenvalue weighted by Gasteiger charge is 2.70. The van der Waals surface area contributed by atoms with Gasteiger partial charge in [-0.05, 0) is 41.8 Å². The number of carbonyl (C=O) groups is 3. The number of nitrogens with one attached hydrogen (secondary N) is 2. The first-order valence-corrected chi connectivity index (χ1v) is 12.3. The second-order valence-corrected chi connectivity index (χ2v) is 10.2. The standard InChI is InChI=1S/C27H21Cl2N3O4/c28-18-6-2-1-4-15(18)13-32-24(34)21-20(12-14-8-10-16(33)11-9-14)31-27(22(21)25(32)35)17-5-3-7-19(29)23(17)30-26(27)36/h1-11,20-22,31,33H,12-13H2,(H,30,36). The number of fused-ring (bicyclic) bond motifs is 4. The fourth-order valence-corrected chi connectivity index (χ4v) is 6.28. The third-order valence-corrected chi connectivity index (χ3v) is 8.15. The molecule has 0 aliphatic carbocycles. The predicted molar refractivity (Wildman–Crippen MR) is 134 cm³/mol. The molecule has 0 radical (unpaired) electrons. The number of phenolic OH excluding ortho intramolecular Hbond substituents is 1. The van der Waals surface area contributed by atoms with E-state index in [2.05, 4.69) is 10.6 Å². The number of likely N-dealkylation sites (tertiary alicyclic amines) is 1. The molecule has 2 fully saturated rings. The van der Waals surface area contributed by atoms with Gasteiger partial charge in [-0.3, -0.25) is 24.6 Å². The Hall–Kier alpha value is -3.39. The van der Waals surface area contributed by atoms with E-state index in [4.69, 9.17) is 23.2 Å². The van der Waals surface area contributed by atoms with E-state index < -0.39 is 35.2 Å². The van der Waals surface area contributed by atoms with E-state index in [1.165, 1.54) is 4.90 Å². The van der Waals surface area contributed by atoms with Crippen LogP contribution in [-0.2, 0) is 32.9 Å². The van der Waals surface area contributed by atoms with Crippen LogP contribution in [0.5, 0.6) is 5.75 Å². The number of phenols is 1. The first-order valence-electron chi connectivity index (χ1n) is 11.6. The van der Waals surface area contributed by atoms with Gasteiger partial charge >= 0.3 is 0 Å². The van der Waals surface area contributed by atoms with Crippen molar-refractivity contribution in [3.8, 4) is 5.75 Å². The van der Waals surface area contributed by atoms with E-state index in [0.717, 1.165) is 5.56 Å². The molecule has 3 aromatic rings. The average Bonchev–Trinajstić information content (AvgIpc) is 3.43. The monoisotopic (exact) mass is 521 g/mol. The maximum atomic E-state index is 13.9. The molecule has 0 bridgehead atoms. The van der Waals surface area contributed by atoms with Crippen LogP contribution in [0.2, 0.25) is 10.0 Å². The molecular weight excluding hydrogens is 501 g/mol. The zero-order valence-corrected chi connectivity index (χ0v) is 20.4. The van der Waals surface area contributed by atoms with Gasteiger partial charge in [0.1, 0.15) is 11.3 Å². The van der Waals surface area contributed by atoms with E-state index >= 15 is 0 Å². The summed E-state index contributed by atoms with van der Waals surface area (Å²) in [7, 11) is 0. The number of amides is 3. The number of hydrogen-bond acceptors (Lipinski definition) is 5. The van der Waals surface area contributed by atoms with E-state index in [0.29, 0.717) is 33.3 Å². The molecule has 0 aromatic heterocycles. The van der Waals surface area contributed by atoms with Crippen LogP contribution in [0.15, 0.2) is 66.7 Å². The first-order chi connectivity index (χ1) is 17.3. The molecule has 9 heteroatoms. The number of halogens is 2. The highest BCUT2D eigenvalue weighted by atomic mass is 35.5. The van der Waals surface area contributed by atoms with Crippen LogP contribution >= 0.6 is 23.2 Å². The molecule has 4 unspecified atom stereocenters. The van der Waals surface area contributed by atoms with Crippen LogP contribution in [0.1, 0.15) is 16.7 Å². The van der Waals surface area contributed by atoms with Gasteiger partial charge in [-0.1, -0.05) is 65.7 Å². The second kappa shape index (κ2) is 8.34. The number of imide groups is 1. The molecule has 3 N–H and O–H groups in total. The van der Waals surface area contributed by atoms with Crippen molar-refractivity contribution in [3.63, 3.8) is 0 Å². The van der Waals surface area contributed by atoms with Gasteiger partial charge in [0, 0.05) is 16.6 Å². The number of anilines is 1. The summed E-state index contributed by atoms with van der Waals surface area (Å²) < 4.78 is 0. The van der Waals surface area contributed by atoms with Crippen molar-refractivity contribution in [1.29, 1.82) is 0 Å². The lowest BCUT2D eigenvalue weighted by molar-refractivity contribution is -0.143. The number of aromatic hydroxyl groups is 1. The average molecular weight is 522 g/mol. The lowest BCUT2D eigenvalue weighted by Gasteiger charge is -2.29. The van der Waals surface area contributed by atoms with Gasteiger partial charge in [-0.25, -0.2) is 0 Å². The van der Waals surface area contributed by atoms with Crippen LogP contribution in [-0.4, -0.2) is 33.8 Å². The van der Waals surface area contributed by atoms with Crippen LogP contribution in [0.4, 0.5) is 5.69 Å². The molecule has 0 saturated carbocycles. The number of benzene rings is 3. The van der Waals surface area contributed by atoms with Crippen molar-refractivity contribution in [3.05, 3.63) is 93.5 Å². The summed E-state index contributed by atoms with van der Waals surface area (Å²) >= 11 is 12.7. The molecule has 1 spiro atoms. The molecule has 3 amide bonds. The van der Waals surface area contributed by atoms with Crippen LogP contribution in [0.25, 0.3) is 0 Å². The third kappa shape index (κ3) is 3.27. The van der Waals surface area contributed by atoms with Crippen LogP contribution in [0.3, 0.4) is 0 Å². The lowest BCUT2D eigenvalue weighted by atomic mass is 9.76. The van der Waals surface area contributed by atoms with E-state index in [1.54, 1.807) is 66.7 Å². The maximum absolute atomic E-state index is 13.9. The minimum Gasteiger partial charge on any atom is -0.508 e. The highest BCUT2D eigenvalue weighted by molar-refractivity contribution is 6.35. The summed E-state index contributed by atoms with van der Waals surface area (Å²) in [6, 6.07) is 18.4. The number of para-hydroxylation sites is 1. The minimum atomic E-state index is -1.44. The highest BCUT2D eigenvalue weighted by Crippen LogP contribution is 2.54. The van der Waals surface area contributed by atoms with Crippen LogP contribution < -0.4 is 10.6 Å². The normalized spacial score (nSPS) is 26.4. The Labute approximate surface area is 217 Å². The molecular formula is C27H21Cl2N3O4. The molecule has 3 heterocycles. The van der Waals surface area contributed by atoms with Crippen molar-refractivity contribution in [2.45, 2.75) is 24.5 Å². The Kier molecular flexibility index (Phi) is 5.33. The Balaban J connectivity index is 1.45. The van der Waals surface area contributed by atoms with E-state index in [1.807, 2.05) is 0 Å². The van der Waals surface area contributed by atoms with Crippen molar-refractivity contribution < 1.29 is 19.5 Å². The quantitative estimate of drug-likeness (QED) is 0.452. The molecule has 4 atom stereocenters. The Morgan fingerprint density at radius 1 is 0.889 bits per heavy atom. The zero-order chi connectivity index (χ0) is 25.2. The second-order valence-electron chi connectivity index (χ2n) is 9.40.